The Kier molecular flexibility index (Phi) is 8.27. The predicted molar refractivity (Wildman–Crippen MR) is 174 cm³/mol. The van der Waals surface area contributed by atoms with Crippen molar-refractivity contribution in [1.82, 2.24) is 4.73 Å². The smallest absolute Gasteiger partial charge is 0.333 e. The molecular weight excluding hydrogens is 622 g/mol. The highest BCUT2D eigenvalue weighted by atomic mass is 32.2. The number of pyridine rings is 1. The summed E-state index contributed by atoms with van der Waals surface area (Å²) in [5.41, 5.74) is 2.50. The summed E-state index contributed by atoms with van der Waals surface area (Å²) in [7, 11) is -1.09. The molecule has 11 nitrogen and oxygen atoms in total. The lowest BCUT2D eigenvalue weighted by atomic mass is 10.0. The number of hydrogen-bond acceptors (Lipinski definition) is 8. The van der Waals surface area contributed by atoms with Crippen LogP contribution in [0.5, 0.6) is 17.5 Å². The van der Waals surface area contributed by atoms with E-state index < -0.39 is 33.7 Å². The van der Waals surface area contributed by atoms with Gasteiger partial charge in [-0.3, -0.25) is 4.79 Å². The van der Waals surface area contributed by atoms with Crippen molar-refractivity contribution in [2.75, 3.05) is 11.4 Å². The summed E-state index contributed by atoms with van der Waals surface area (Å²) in [6, 6.07) is 29.1. The van der Waals surface area contributed by atoms with Crippen LogP contribution in [0.2, 0.25) is 0 Å². The summed E-state index contributed by atoms with van der Waals surface area (Å²) in [5.74, 6) is -1.84. The third-order valence-corrected chi connectivity index (χ3v) is 9.57. The second-order valence-electron chi connectivity index (χ2n) is 10.7. The van der Waals surface area contributed by atoms with Crippen LogP contribution in [0.3, 0.4) is 0 Å². The predicted octanol–water partition coefficient (Wildman–Crippen LogP) is 4.66. The third kappa shape index (κ3) is 5.82. The molecule has 1 amide bonds. The Morgan fingerprint density at radius 1 is 0.787 bits per heavy atom. The van der Waals surface area contributed by atoms with Gasteiger partial charge in [0.15, 0.2) is 0 Å². The van der Waals surface area contributed by atoms with Gasteiger partial charge in [-0.2, -0.15) is 8.87 Å². The van der Waals surface area contributed by atoms with E-state index in [4.69, 9.17) is 9.57 Å². The molecule has 2 heterocycles. The van der Waals surface area contributed by atoms with E-state index in [0.717, 1.165) is 15.3 Å². The van der Waals surface area contributed by atoms with Crippen molar-refractivity contribution in [2.45, 2.75) is 17.7 Å². The number of fused-ring (bicyclic) bond motifs is 2. The molecule has 12 heteroatoms. The number of anilines is 1. The van der Waals surface area contributed by atoms with Crippen molar-refractivity contribution in [3.8, 4) is 17.5 Å². The van der Waals surface area contributed by atoms with Crippen LogP contribution in [0.15, 0.2) is 114 Å². The molecule has 47 heavy (non-hydrogen) atoms. The standard InChI is InChI=1S/C35H29N3O8S/c1-36-29-9-5-3-7-27(29)34(28-8-4-6-10-30(28)36)35(42)38(24-14-16-25(45-2)17-15-24)47(43,44)26-18-11-23(12-19-26)13-22-33(41)46-37-31(39)20-21-32(37)40/h3-12,14-21,42H,13,22H2,1-2H3/p+1. The topological polar surface area (TPSA) is 139 Å². The molecule has 6 aromatic rings. The first-order valence-corrected chi connectivity index (χ1v) is 16.0. The average molecular weight is 653 g/mol. The van der Waals surface area contributed by atoms with Gasteiger partial charge in [-0.15, -0.1) is 4.73 Å². The molecule has 0 atom stereocenters. The van der Waals surface area contributed by atoms with Gasteiger partial charge < -0.3 is 19.8 Å². The summed E-state index contributed by atoms with van der Waals surface area (Å²) in [6.45, 7) is 0. The Morgan fingerprint density at radius 2 is 1.34 bits per heavy atom. The maximum atomic E-state index is 14.7. The first-order valence-electron chi connectivity index (χ1n) is 14.5. The normalized spacial score (nSPS) is 11.4. The number of rotatable bonds is 9. The van der Waals surface area contributed by atoms with Gasteiger partial charge in [-0.25, -0.2) is 13.2 Å². The van der Waals surface area contributed by atoms with Crippen molar-refractivity contribution >= 4 is 49.4 Å². The van der Waals surface area contributed by atoms with Gasteiger partial charge in [0, 0.05) is 24.3 Å². The summed E-state index contributed by atoms with van der Waals surface area (Å²) in [4.78, 5) is 31.8. The zero-order chi connectivity index (χ0) is 33.3. The number of sulfonamides is 1. The first kappa shape index (κ1) is 31.1. The third-order valence-electron chi connectivity index (χ3n) is 7.84. The average Bonchev–Trinajstić information content (AvgIpc) is 3.40. The molecule has 0 saturated heterocycles. The van der Waals surface area contributed by atoms with E-state index in [1.165, 1.54) is 43.5 Å². The van der Waals surface area contributed by atoms with Gasteiger partial charge in [0.2, 0.25) is 22.8 Å². The lowest BCUT2D eigenvalue weighted by Crippen LogP contribution is -2.38. The van der Waals surface area contributed by atoms with Crippen molar-refractivity contribution in [3.05, 3.63) is 120 Å². The highest BCUT2D eigenvalue weighted by Gasteiger charge is 2.35. The zero-order valence-corrected chi connectivity index (χ0v) is 26.2. The summed E-state index contributed by atoms with van der Waals surface area (Å²) in [5, 5.41) is 20.6. The van der Waals surface area contributed by atoms with E-state index in [1.54, 1.807) is 48.5 Å². The molecule has 2 N–H and O–H groups in total. The van der Waals surface area contributed by atoms with Crippen LogP contribution >= 0.6 is 0 Å². The Bertz CT molecular complexity index is 2170. The number of aromatic nitrogens is 2. The van der Waals surface area contributed by atoms with Crippen molar-refractivity contribution in [2.24, 2.45) is 7.05 Å². The van der Waals surface area contributed by atoms with Gasteiger partial charge in [0.05, 0.1) is 40.4 Å². The minimum absolute atomic E-state index is 0.120. The quantitative estimate of drug-likeness (QED) is 0.170. The molecule has 238 valence electrons. The number of methoxy groups -OCH3 is 1. The van der Waals surface area contributed by atoms with E-state index in [9.17, 15) is 28.2 Å². The van der Waals surface area contributed by atoms with Crippen LogP contribution in [-0.2, 0) is 28.3 Å². The molecule has 0 aliphatic rings. The van der Waals surface area contributed by atoms with Crippen LogP contribution < -0.4 is 18.4 Å². The SMILES string of the molecule is COc1ccc(N(C(=O)c2c3ccccc3[n+](C)c3ccccc23)S(=O)(=O)c2ccc(CCC(=O)On3c(O)ccc3O)cc2)cc1. The van der Waals surface area contributed by atoms with E-state index in [1.807, 2.05) is 35.9 Å². The number of amides is 1. The lowest BCUT2D eigenvalue weighted by Gasteiger charge is -2.24. The maximum Gasteiger partial charge on any atom is 0.333 e. The molecule has 0 saturated carbocycles. The highest BCUT2D eigenvalue weighted by molar-refractivity contribution is 7.93. The van der Waals surface area contributed by atoms with Gasteiger partial charge in [-0.05, 0) is 60.5 Å². The number of carbonyl (C=O) groups excluding carboxylic acids is 2. The summed E-state index contributed by atoms with van der Waals surface area (Å²) >= 11 is 0. The lowest BCUT2D eigenvalue weighted by molar-refractivity contribution is -0.617. The second kappa shape index (κ2) is 12.5. The minimum Gasteiger partial charge on any atom is -0.497 e. The first-order chi connectivity index (χ1) is 22.6. The Labute approximate surface area is 270 Å². The molecule has 4 aromatic carbocycles. The fourth-order valence-electron chi connectivity index (χ4n) is 5.47. The zero-order valence-electron chi connectivity index (χ0n) is 25.4. The van der Waals surface area contributed by atoms with E-state index in [-0.39, 0.29) is 29.0 Å². The Morgan fingerprint density at radius 3 is 1.89 bits per heavy atom. The molecular formula is C35H30N3O8S+. The Balaban J connectivity index is 1.37. The van der Waals surface area contributed by atoms with Crippen LogP contribution in [0.25, 0.3) is 21.8 Å². The van der Waals surface area contributed by atoms with Gasteiger partial charge in [0.1, 0.15) is 12.8 Å². The number of aromatic hydroxyl groups is 2. The molecule has 2 aromatic heterocycles. The van der Waals surface area contributed by atoms with E-state index in [0.29, 0.717) is 26.8 Å². The summed E-state index contributed by atoms with van der Waals surface area (Å²) < 4.78 is 37.5. The molecule has 0 aliphatic carbocycles. The molecule has 0 bridgehead atoms. The van der Waals surface area contributed by atoms with Crippen molar-refractivity contribution in [3.63, 3.8) is 0 Å². The Hall–Kier alpha value is -5.88. The van der Waals surface area contributed by atoms with Crippen molar-refractivity contribution < 1.29 is 42.4 Å². The number of carbonyl (C=O) groups is 2. The number of aryl methyl sites for hydroxylation is 2. The minimum atomic E-state index is -4.47. The molecule has 0 aliphatic heterocycles. The largest absolute Gasteiger partial charge is 0.497 e. The summed E-state index contributed by atoms with van der Waals surface area (Å²) in [6.07, 6.45) is 0.0628. The van der Waals surface area contributed by atoms with Crippen LogP contribution in [0.1, 0.15) is 22.3 Å². The number of hydrogen-bond donors (Lipinski definition) is 2. The van der Waals surface area contributed by atoms with Gasteiger partial charge >= 0.3 is 5.97 Å². The number of ether oxygens (including phenoxy) is 1. The molecule has 0 fully saturated rings. The molecule has 0 unspecified atom stereocenters. The number of nitrogens with zero attached hydrogens (tertiary/aromatic N) is 3. The van der Waals surface area contributed by atoms with Gasteiger partial charge in [-0.1, -0.05) is 36.4 Å². The maximum absolute atomic E-state index is 14.7. The second-order valence-corrected chi connectivity index (χ2v) is 12.5. The molecule has 0 radical (unpaired) electrons. The monoisotopic (exact) mass is 652 g/mol. The fraction of sp³-hybridized carbons (Fsp3) is 0.114. The van der Waals surface area contributed by atoms with Crippen LogP contribution in [0.4, 0.5) is 5.69 Å². The van der Waals surface area contributed by atoms with Crippen LogP contribution in [-0.4, -0.2) is 42.3 Å². The highest BCUT2D eigenvalue weighted by Crippen LogP contribution is 2.32. The van der Waals surface area contributed by atoms with Crippen LogP contribution in [0, 0.1) is 0 Å². The van der Waals surface area contributed by atoms with E-state index >= 15 is 0 Å². The van der Waals surface area contributed by atoms with E-state index in [2.05, 4.69) is 0 Å². The van der Waals surface area contributed by atoms with Gasteiger partial charge in [0.25, 0.3) is 15.9 Å². The fourth-order valence-corrected chi connectivity index (χ4v) is 6.87. The number of para-hydroxylation sites is 2. The van der Waals surface area contributed by atoms with Crippen molar-refractivity contribution in [1.29, 1.82) is 0 Å². The molecule has 6 rings (SSSR count). The number of benzene rings is 4. The molecule has 0 spiro atoms.